The van der Waals surface area contributed by atoms with Gasteiger partial charge in [0.15, 0.2) is 0 Å². The fraction of sp³-hybridized carbons (Fsp3) is 0.318. The lowest BCUT2D eigenvalue weighted by atomic mass is 10.2. The fourth-order valence-electron chi connectivity index (χ4n) is 3.12. The van der Waals surface area contributed by atoms with Crippen LogP contribution in [0, 0.1) is 0 Å². The van der Waals surface area contributed by atoms with E-state index in [1.807, 2.05) is 66.9 Å². The van der Waals surface area contributed by atoms with Crippen LogP contribution in [-0.4, -0.2) is 46.3 Å². The van der Waals surface area contributed by atoms with Crippen LogP contribution < -0.4 is 0 Å². The lowest BCUT2D eigenvalue weighted by Crippen LogP contribution is -2.41. The summed E-state index contributed by atoms with van der Waals surface area (Å²) in [5.41, 5.74) is 1.74. The third kappa shape index (κ3) is 6.21. The van der Waals surface area contributed by atoms with Gasteiger partial charge in [0.1, 0.15) is 25.4 Å². The lowest BCUT2D eigenvalue weighted by molar-refractivity contribution is -0.149. The van der Waals surface area contributed by atoms with Crippen molar-refractivity contribution in [2.75, 3.05) is 12.8 Å². The minimum atomic E-state index is -0.786. The molecule has 158 valence electrons. The van der Waals surface area contributed by atoms with Crippen LogP contribution in [-0.2, 0) is 32.2 Å². The summed E-state index contributed by atoms with van der Waals surface area (Å²) >= 11 is 6.42. The Balaban J connectivity index is 1.64. The lowest BCUT2D eigenvalue weighted by Gasteiger charge is -2.22. The maximum absolute atomic E-state index is 12.7. The molecule has 1 saturated heterocycles. The van der Waals surface area contributed by atoms with Gasteiger partial charge in [0.05, 0.1) is 6.54 Å². The maximum Gasteiger partial charge on any atom is 0.410 e. The molecular formula is C22H23NO5S2. The zero-order chi connectivity index (χ0) is 21.3. The molecule has 0 bridgehead atoms. The zero-order valence-electron chi connectivity index (χ0n) is 16.6. The van der Waals surface area contributed by atoms with Gasteiger partial charge in [0.2, 0.25) is 4.38 Å². The molecule has 0 saturated carbocycles. The van der Waals surface area contributed by atoms with Crippen LogP contribution in [0.4, 0.5) is 4.79 Å². The fourth-order valence-corrected chi connectivity index (χ4v) is 3.49. The first-order valence-corrected chi connectivity index (χ1v) is 11.1. The molecule has 1 amide bonds. The number of thiocarbonyl (C=S) groups is 1. The molecule has 1 aliphatic heterocycles. The second-order valence-electron chi connectivity index (χ2n) is 6.73. The van der Waals surface area contributed by atoms with Gasteiger partial charge in [-0.1, -0.05) is 72.4 Å². The highest BCUT2D eigenvalue weighted by atomic mass is 32.2. The molecule has 2 aromatic rings. The number of ether oxygens (including phenoxy) is 3. The van der Waals surface area contributed by atoms with Crippen molar-refractivity contribution in [3.8, 4) is 0 Å². The molecule has 1 fully saturated rings. The molecule has 2 aromatic carbocycles. The Morgan fingerprint density at radius 1 is 1.00 bits per heavy atom. The average Bonchev–Trinajstić information content (AvgIpc) is 3.21. The van der Waals surface area contributed by atoms with Gasteiger partial charge in [0, 0.05) is 6.42 Å². The summed E-state index contributed by atoms with van der Waals surface area (Å²) in [6, 6.07) is 18.0. The highest BCUT2D eigenvalue weighted by Gasteiger charge is 2.43. The predicted octanol–water partition coefficient (Wildman–Crippen LogP) is 4.17. The first-order valence-electron chi connectivity index (χ1n) is 9.49. The number of nitrogens with zero attached hydrogens (tertiary/aromatic N) is 1. The quantitative estimate of drug-likeness (QED) is 0.488. The maximum atomic E-state index is 12.7. The summed E-state index contributed by atoms with van der Waals surface area (Å²) in [6.45, 7) is 0.466. The Labute approximate surface area is 185 Å². The minimum Gasteiger partial charge on any atom is -0.473 e. The van der Waals surface area contributed by atoms with E-state index in [1.54, 1.807) is 0 Å². The SMILES string of the molecule is CSC(=S)O[C@@H]1C[C@@H](C(=O)OCc2ccccc2)N(C(=O)OCc2ccccc2)C1. The van der Waals surface area contributed by atoms with Gasteiger partial charge in [-0.05, 0) is 29.6 Å². The molecule has 30 heavy (non-hydrogen) atoms. The van der Waals surface area contributed by atoms with E-state index in [0.717, 1.165) is 11.1 Å². The highest BCUT2D eigenvalue weighted by Crippen LogP contribution is 2.25. The number of hydrogen-bond donors (Lipinski definition) is 0. The van der Waals surface area contributed by atoms with Gasteiger partial charge in [-0.25, -0.2) is 9.59 Å². The number of thioether (sulfide) groups is 1. The Morgan fingerprint density at radius 3 is 2.13 bits per heavy atom. The Hall–Kier alpha value is -2.58. The van der Waals surface area contributed by atoms with E-state index in [9.17, 15) is 9.59 Å². The Kier molecular flexibility index (Phi) is 8.10. The Bertz CT molecular complexity index is 799. The Morgan fingerprint density at radius 2 is 1.57 bits per heavy atom. The molecule has 0 radical (unpaired) electrons. The van der Waals surface area contributed by atoms with E-state index >= 15 is 0 Å². The van der Waals surface area contributed by atoms with Gasteiger partial charge < -0.3 is 14.2 Å². The number of carbonyl (C=O) groups is 2. The van der Waals surface area contributed by atoms with E-state index in [0.29, 0.717) is 10.8 Å². The van der Waals surface area contributed by atoms with Crippen LogP contribution in [0.3, 0.4) is 0 Å². The molecule has 0 unspecified atom stereocenters. The molecule has 2 atom stereocenters. The number of likely N-dealkylation sites (tertiary alicyclic amines) is 1. The van der Waals surface area contributed by atoms with E-state index in [1.165, 1.54) is 16.7 Å². The van der Waals surface area contributed by atoms with Crippen molar-refractivity contribution >= 4 is 40.4 Å². The van der Waals surface area contributed by atoms with Gasteiger partial charge in [-0.2, -0.15) is 0 Å². The van der Waals surface area contributed by atoms with Crippen LogP contribution >= 0.6 is 24.0 Å². The van der Waals surface area contributed by atoms with E-state index < -0.39 is 18.1 Å². The molecule has 0 spiro atoms. The summed E-state index contributed by atoms with van der Waals surface area (Å²) in [6.07, 6.45) is 1.15. The van der Waals surface area contributed by atoms with Gasteiger partial charge in [0.25, 0.3) is 0 Å². The highest BCUT2D eigenvalue weighted by molar-refractivity contribution is 8.22. The van der Waals surface area contributed by atoms with Gasteiger partial charge in [-0.3, -0.25) is 4.90 Å². The first kappa shape index (κ1) is 22.1. The standard InChI is InChI=1S/C22H23NO5S2/c1-30-22(29)28-18-12-19(20(24)26-14-16-8-4-2-5-9-16)23(13-18)21(25)27-15-17-10-6-3-7-11-17/h2-11,18-19H,12-15H2,1H3/t18-,19+/m1/s1. The van der Waals surface area contributed by atoms with Crippen molar-refractivity contribution in [3.63, 3.8) is 0 Å². The van der Waals surface area contributed by atoms with Crippen molar-refractivity contribution < 1.29 is 23.8 Å². The predicted molar refractivity (Wildman–Crippen MR) is 119 cm³/mol. The molecular weight excluding hydrogens is 422 g/mol. The number of rotatable bonds is 6. The van der Waals surface area contributed by atoms with Crippen LogP contribution in [0.15, 0.2) is 60.7 Å². The summed E-state index contributed by atoms with van der Waals surface area (Å²) in [4.78, 5) is 26.8. The average molecular weight is 446 g/mol. The van der Waals surface area contributed by atoms with Crippen molar-refractivity contribution in [2.24, 2.45) is 0 Å². The number of benzene rings is 2. The van der Waals surface area contributed by atoms with Crippen LogP contribution in [0.1, 0.15) is 17.5 Å². The topological polar surface area (TPSA) is 65.1 Å². The van der Waals surface area contributed by atoms with Gasteiger partial charge in [-0.15, -0.1) is 0 Å². The number of hydrogen-bond acceptors (Lipinski definition) is 7. The number of amides is 1. The summed E-state index contributed by atoms with van der Waals surface area (Å²) < 4.78 is 16.9. The molecule has 8 heteroatoms. The third-order valence-electron chi connectivity index (χ3n) is 4.63. The summed E-state index contributed by atoms with van der Waals surface area (Å²) in [7, 11) is 0. The normalized spacial score (nSPS) is 18.0. The minimum absolute atomic E-state index is 0.122. The molecule has 6 nitrogen and oxygen atoms in total. The molecule has 0 aromatic heterocycles. The largest absolute Gasteiger partial charge is 0.473 e. The van der Waals surface area contributed by atoms with Crippen molar-refractivity contribution in [3.05, 3.63) is 71.8 Å². The first-order chi connectivity index (χ1) is 14.6. The van der Waals surface area contributed by atoms with Gasteiger partial charge >= 0.3 is 12.1 Å². The molecule has 1 heterocycles. The number of esters is 1. The molecule has 0 aliphatic carbocycles. The van der Waals surface area contributed by atoms with Crippen LogP contribution in [0.5, 0.6) is 0 Å². The van der Waals surface area contributed by atoms with Crippen molar-refractivity contribution in [2.45, 2.75) is 31.8 Å². The van der Waals surface area contributed by atoms with E-state index in [2.05, 4.69) is 0 Å². The molecule has 3 rings (SSSR count). The van der Waals surface area contributed by atoms with E-state index in [-0.39, 0.29) is 25.9 Å². The van der Waals surface area contributed by atoms with Crippen LogP contribution in [0.2, 0.25) is 0 Å². The number of carbonyl (C=O) groups excluding carboxylic acids is 2. The molecule has 1 aliphatic rings. The smallest absolute Gasteiger partial charge is 0.410 e. The second kappa shape index (κ2) is 11.0. The van der Waals surface area contributed by atoms with Crippen molar-refractivity contribution in [1.82, 2.24) is 4.90 Å². The molecule has 0 N–H and O–H groups in total. The van der Waals surface area contributed by atoms with Crippen LogP contribution in [0.25, 0.3) is 0 Å². The monoisotopic (exact) mass is 445 g/mol. The third-order valence-corrected chi connectivity index (χ3v) is 5.65. The van der Waals surface area contributed by atoms with Crippen molar-refractivity contribution in [1.29, 1.82) is 0 Å². The zero-order valence-corrected chi connectivity index (χ0v) is 18.2. The summed E-state index contributed by atoms with van der Waals surface area (Å²) in [5, 5.41) is 0. The second-order valence-corrected chi connectivity index (χ2v) is 8.14. The summed E-state index contributed by atoms with van der Waals surface area (Å²) in [5.74, 6) is -0.489. The van der Waals surface area contributed by atoms with E-state index in [4.69, 9.17) is 26.4 Å².